The van der Waals surface area contributed by atoms with E-state index in [4.69, 9.17) is 16.6 Å². The van der Waals surface area contributed by atoms with Crippen LogP contribution >= 0.6 is 23.4 Å². The lowest BCUT2D eigenvalue weighted by atomic mass is 10.1. The number of benzene rings is 2. The Morgan fingerprint density at radius 3 is 2.63 bits per heavy atom. The van der Waals surface area contributed by atoms with Gasteiger partial charge < -0.3 is 4.90 Å². The van der Waals surface area contributed by atoms with Crippen LogP contribution in [-0.2, 0) is 16.4 Å². The zero-order valence-electron chi connectivity index (χ0n) is 15.2. The van der Waals surface area contributed by atoms with Crippen molar-refractivity contribution in [1.29, 1.82) is 0 Å². The molecule has 2 heterocycles. The molecule has 7 heteroatoms. The molecular weight excluding hydrogens is 400 g/mol. The largest absolute Gasteiger partial charge is 0.317 e. The number of aryl methyl sites for hydroxylation is 2. The summed E-state index contributed by atoms with van der Waals surface area (Å²) in [5.74, 6) is 0.364. The predicted octanol–water partition coefficient (Wildman–Crippen LogP) is 4.23. The average molecular weight is 421 g/mol. The fourth-order valence-electron chi connectivity index (χ4n) is 3.43. The van der Waals surface area contributed by atoms with Crippen molar-refractivity contribution in [2.45, 2.75) is 31.7 Å². The Balaban J connectivity index is 1.70. The topological polar surface area (TPSA) is 49.7 Å². The minimum atomic E-state index is -2.96. The predicted molar refractivity (Wildman–Crippen MR) is 115 cm³/mol. The first kappa shape index (κ1) is 18.8. The van der Waals surface area contributed by atoms with Crippen LogP contribution in [0.15, 0.2) is 47.5 Å². The normalized spacial score (nSPS) is 23.1. The van der Waals surface area contributed by atoms with Crippen molar-refractivity contribution >= 4 is 44.1 Å². The number of hydrogen-bond donors (Lipinski definition) is 0. The van der Waals surface area contributed by atoms with E-state index in [-0.39, 0.29) is 22.8 Å². The molecule has 0 bridgehead atoms. The number of hydrogen-bond acceptors (Lipinski definition) is 5. The number of nitrogens with zero attached hydrogens (tertiary/aromatic N) is 2. The average Bonchev–Trinajstić information content (AvgIpc) is 3.10. The molecule has 2 aliphatic heterocycles. The van der Waals surface area contributed by atoms with E-state index in [1.807, 2.05) is 24.3 Å². The minimum absolute atomic E-state index is 0.0188. The molecule has 0 aliphatic carbocycles. The van der Waals surface area contributed by atoms with E-state index in [0.717, 1.165) is 21.4 Å². The van der Waals surface area contributed by atoms with Gasteiger partial charge in [-0.2, -0.15) is 0 Å². The lowest BCUT2D eigenvalue weighted by Gasteiger charge is -2.26. The van der Waals surface area contributed by atoms with E-state index in [0.29, 0.717) is 6.54 Å². The summed E-state index contributed by atoms with van der Waals surface area (Å²) in [6.07, 6.45) is 0. The van der Waals surface area contributed by atoms with Gasteiger partial charge in [0.2, 0.25) is 0 Å². The van der Waals surface area contributed by atoms with Crippen LogP contribution < -0.4 is 4.90 Å². The van der Waals surface area contributed by atoms with Crippen molar-refractivity contribution in [2.75, 3.05) is 16.4 Å². The fraction of sp³-hybridized carbons (Fsp3) is 0.350. The molecule has 27 heavy (non-hydrogen) atoms. The highest BCUT2D eigenvalue weighted by molar-refractivity contribution is 8.15. The highest BCUT2D eigenvalue weighted by atomic mass is 35.5. The maximum atomic E-state index is 11.9. The second-order valence-corrected chi connectivity index (χ2v) is 10.9. The number of halogens is 1. The summed E-state index contributed by atoms with van der Waals surface area (Å²) >= 11 is 7.97. The molecule has 4 nitrogen and oxygen atoms in total. The van der Waals surface area contributed by atoms with Crippen LogP contribution in [-0.4, -0.2) is 36.4 Å². The van der Waals surface area contributed by atoms with Crippen molar-refractivity contribution in [1.82, 2.24) is 0 Å². The first-order valence-corrected chi connectivity index (χ1v) is 11.9. The van der Waals surface area contributed by atoms with E-state index in [9.17, 15) is 8.42 Å². The molecule has 2 aromatic carbocycles. The van der Waals surface area contributed by atoms with E-state index >= 15 is 0 Å². The summed E-state index contributed by atoms with van der Waals surface area (Å²) in [5.41, 5.74) is 4.51. The minimum Gasteiger partial charge on any atom is -0.317 e. The van der Waals surface area contributed by atoms with Crippen molar-refractivity contribution in [3.63, 3.8) is 0 Å². The number of sulfone groups is 1. The summed E-state index contributed by atoms with van der Waals surface area (Å²) in [5, 5.41) is 1.62. The maximum absolute atomic E-state index is 11.9. The van der Waals surface area contributed by atoms with Crippen molar-refractivity contribution in [3.8, 4) is 0 Å². The van der Waals surface area contributed by atoms with E-state index in [2.05, 4.69) is 36.9 Å². The number of fused-ring (bicyclic) bond motifs is 1. The van der Waals surface area contributed by atoms with Crippen molar-refractivity contribution in [3.05, 3.63) is 64.2 Å². The SMILES string of the molecule is Cc1ccc(N(Cc2ccccc2Cl)C2=N[C@@H]3CS(=O)(=O)C[C@H]3S2)cc1C. The van der Waals surface area contributed by atoms with Gasteiger partial charge in [0.1, 0.15) is 0 Å². The van der Waals surface area contributed by atoms with E-state index < -0.39 is 9.84 Å². The third-order valence-corrected chi connectivity index (χ3v) is 8.74. The summed E-state index contributed by atoms with van der Waals surface area (Å²) in [4.78, 5) is 6.94. The van der Waals surface area contributed by atoms with Crippen LogP contribution in [0, 0.1) is 13.8 Å². The lowest BCUT2D eigenvalue weighted by molar-refractivity contribution is 0.601. The van der Waals surface area contributed by atoms with E-state index in [1.165, 1.54) is 11.1 Å². The van der Waals surface area contributed by atoms with Gasteiger partial charge in [-0.05, 0) is 48.7 Å². The smallest absolute Gasteiger partial charge is 0.164 e. The first-order valence-electron chi connectivity index (χ1n) is 8.85. The summed E-state index contributed by atoms with van der Waals surface area (Å²) in [6.45, 7) is 4.78. The Morgan fingerprint density at radius 2 is 1.93 bits per heavy atom. The van der Waals surface area contributed by atoms with Crippen molar-refractivity contribution < 1.29 is 8.42 Å². The van der Waals surface area contributed by atoms with Gasteiger partial charge in [0.25, 0.3) is 0 Å². The lowest BCUT2D eigenvalue weighted by Crippen LogP contribution is -2.28. The number of aliphatic imine (C=N–C) groups is 1. The quantitative estimate of drug-likeness (QED) is 0.745. The first-order chi connectivity index (χ1) is 12.8. The summed E-state index contributed by atoms with van der Waals surface area (Å²) in [6, 6.07) is 14.0. The molecule has 142 valence electrons. The van der Waals surface area contributed by atoms with Crippen LogP contribution in [0.4, 0.5) is 5.69 Å². The van der Waals surface area contributed by atoms with Crippen LogP contribution in [0.5, 0.6) is 0 Å². The molecule has 4 rings (SSSR count). The van der Waals surface area contributed by atoms with Crippen LogP contribution in [0.3, 0.4) is 0 Å². The van der Waals surface area contributed by atoms with Crippen LogP contribution in [0.2, 0.25) is 5.02 Å². The molecule has 0 spiro atoms. The molecule has 0 saturated carbocycles. The molecule has 0 N–H and O–H groups in total. The number of thioether (sulfide) groups is 1. The Labute approximate surface area is 169 Å². The Hall–Kier alpha value is -1.50. The zero-order valence-corrected chi connectivity index (χ0v) is 17.6. The molecule has 0 unspecified atom stereocenters. The van der Waals surface area contributed by atoms with Gasteiger partial charge in [0.05, 0.1) is 24.1 Å². The van der Waals surface area contributed by atoms with E-state index in [1.54, 1.807) is 11.8 Å². The Morgan fingerprint density at radius 1 is 1.15 bits per heavy atom. The second-order valence-electron chi connectivity index (χ2n) is 7.16. The summed E-state index contributed by atoms with van der Waals surface area (Å²) < 4.78 is 23.8. The molecule has 0 aromatic heterocycles. The second kappa shape index (κ2) is 7.15. The van der Waals surface area contributed by atoms with Gasteiger partial charge in [0.15, 0.2) is 15.0 Å². The van der Waals surface area contributed by atoms with Crippen molar-refractivity contribution in [2.24, 2.45) is 4.99 Å². The molecule has 1 saturated heterocycles. The zero-order chi connectivity index (χ0) is 19.2. The van der Waals surface area contributed by atoms with Crippen LogP contribution in [0.1, 0.15) is 16.7 Å². The van der Waals surface area contributed by atoms with Gasteiger partial charge in [0, 0.05) is 16.0 Å². The molecule has 1 fully saturated rings. The van der Waals surface area contributed by atoms with Crippen LogP contribution in [0.25, 0.3) is 0 Å². The molecule has 2 atom stereocenters. The highest BCUT2D eigenvalue weighted by Gasteiger charge is 2.44. The fourth-order valence-corrected chi connectivity index (χ4v) is 7.41. The maximum Gasteiger partial charge on any atom is 0.164 e. The summed E-state index contributed by atoms with van der Waals surface area (Å²) in [7, 11) is -2.96. The van der Waals surface area contributed by atoms with Gasteiger partial charge in [-0.25, -0.2) is 8.42 Å². The third kappa shape index (κ3) is 3.89. The monoisotopic (exact) mass is 420 g/mol. The highest BCUT2D eigenvalue weighted by Crippen LogP contribution is 2.38. The third-order valence-electron chi connectivity index (χ3n) is 5.12. The number of rotatable bonds is 3. The molecular formula is C20H21ClN2O2S2. The van der Waals surface area contributed by atoms with Gasteiger partial charge in [-0.1, -0.05) is 47.6 Å². The molecule has 0 amide bonds. The number of anilines is 1. The Kier molecular flexibility index (Phi) is 4.99. The van der Waals surface area contributed by atoms with Gasteiger partial charge in [-0.3, -0.25) is 4.99 Å². The Bertz CT molecular complexity index is 1020. The molecule has 0 radical (unpaired) electrons. The number of amidine groups is 1. The van der Waals surface area contributed by atoms with Gasteiger partial charge in [-0.15, -0.1) is 0 Å². The van der Waals surface area contributed by atoms with Gasteiger partial charge >= 0.3 is 0 Å². The molecule has 2 aromatic rings. The molecule has 2 aliphatic rings. The standard InChI is InChI=1S/C20H21ClN2O2S2/c1-13-7-8-16(9-14(13)2)23(10-15-5-3-4-6-17(15)21)20-22-18-11-27(24,25)12-19(18)26-20/h3-9,18-19H,10-12H2,1-2H3/t18-,19-/m1/s1.